The van der Waals surface area contributed by atoms with Crippen LogP contribution in [0.25, 0.3) is 0 Å². The molecule has 0 spiro atoms. The quantitative estimate of drug-likeness (QED) is 0.288. The summed E-state index contributed by atoms with van der Waals surface area (Å²) in [4.78, 5) is 41.2. The van der Waals surface area contributed by atoms with E-state index in [1.54, 1.807) is 31.4 Å². The fraction of sp³-hybridized carbons (Fsp3) is 0.346. The van der Waals surface area contributed by atoms with E-state index in [4.69, 9.17) is 4.74 Å². The van der Waals surface area contributed by atoms with E-state index in [-0.39, 0.29) is 41.3 Å². The topological polar surface area (TPSA) is 63.7 Å². The number of carbonyl (C=O) groups is 3. The minimum absolute atomic E-state index is 0.0391. The third kappa shape index (κ3) is 2.96. The summed E-state index contributed by atoms with van der Waals surface area (Å²) in [5.74, 6) is 2.29. The van der Waals surface area contributed by atoms with Crippen LogP contribution in [0.1, 0.15) is 16.8 Å². The van der Waals surface area contributed by atoms with Crippen LogP contribution in [-0.4, -0.2) is 30.5 Å². The lowest BCUT2D eigenvalue weighted by molar-refractivity contribution is -0.124. The molecule has 5 aliphatic rings. The maximum absolute atomic E-state index is 13.2. The minimum Gasteiger partial charge on any atom is -0.497 e. The van der Waals surface area contributed by atoms with Crippen LogP contribution >= 0.6 is 11.8 Å². The van der Waals surface area contributed by atoms with Crippen molar-refractivity contribution in [2.75, 3.05) is 17.8 Å². The Morgan fingerprint density at radius 1 is 0.938 bits per heavy atom. The first-order chi connectivity index (χ1) is 15.6. The Morgan fingerprint density at radius 2 is 1.53 bits per heavy atom. The first-order valence-corrected chi connectivity index (χ1v) is 12.0. The molecule has 162 valence electrons. The molecular formula is C26H23NO4S. The maximum atomic E-state index is 13.2. The van der Waals surface area contributed by atoms with Crippen molar-refractivity contribution in [1.82, 2.24) is 0 Å². The number of imide groups is 1. The van der Waals surface area contributed by atoms with Gasteiger partial charge in [-0.1, -0.05) is 12.2 Å². The largest absolute Gasteiger partial charge is 0.497 e. The van der Waals surface area contributed by atoms with E-state index in [1.165, 1.54) is 16.7 Å². The van der Waals surface area contributed by atoms with Crippen molar-refractivity contribution < 1.29 is 19.1 Å². The number of nitrogens with zero attached hydrogens (tertiary/aromatic N) is 1. The summed E-state index contributed by atoms with van der Waals surface area (Å²) in [6.45, 7) is 0. The van der Waals surface area contributed by atoms with Gasteiger partial charge >= 0.3 is 0 Å². The molecule has 5 nitrogen and oxygen atoms in total. The SMILES string of the molecule is COc1ccc(C(=O)CSc2ccc(N3C(=O)[C@@H]4[C@@H]5C=C[C@@H]([C@H]6C[C@@H]56)[C@@H]4C3=O)cc2)cc1. The van der Waals surface area contributed by atoms with E-state index in [9.17, 15) is 14.4 Å². The van der Waals surface area contributed by atoms with Crippen molar-refractivity contribution in [1.29, 1.82) is 0 Å². The second-order valence-corrected chi connectivity index (χ2v) is 10.1. The highest BCUT2D eigenvalue weighted by atomic mass is 32.2. The number of anilines is 1. The van der Waals surface area contributed by atoms with Gasteiger partial charge in [-0.15, -0.1) is 11.8 Å². The molecule has 1 heterocycles. The first-order valence-electron chi connectivity index (χ1n) is 11.0. The lowest BCUT2D eigenvalue weighted by Crippen LogP contribution is -2.40. The zero-order chi connectivity index (χ0) is 22.0. The fourth-order valence-corrected chi connectivity index (χ4v) is 6.70. The van der Waals surface area contributed by atoms with E-state index in [1.807, 2.05) is 24.3 Å². The molecule has 2 amide bonds. The molecule has 1 aliphatic heterocycles. The van der Waals surface area contributed by atoms with Gasteiger partial charge in [0.25, 0.3) is 0 Å². The highest BCUT2D eigenvalue weighted by Crippen LogP contribution is 2.65. The molecule has 2 aromatic rings. The molecule has 3 fully saturated rings. The van der Waals surface area contributed by atoms with Gasteiger partial charge in [0.1, 0.15) is 5.75 Å². The fourth-order valence-electron chi connectivity index (χ4n) is 5.91. The third-order valence-electron chi connectivity index (χ3n) is 7.54. The minimum atomic E-state index is -0.183. The predicted octanol–water partition coefficient (Wildman–Crippen LogP) is 4.23. The van der Waals surface area contributed by atoms with Crippen molar-refractivity contribution in [3.8, 4) is 5.75 Å². The van der Waals surface area contributed by atoms with Crippen LogP contribution in [0.3, 0.4) is 0 Å². The smallest absolute Gasteiger partial charge is 0.238 e. The van der Waals surface area contributed by atoms with Gasteiger partial charge in [-0.25, -0.2) is 0 Å². The number of ether oxygens (including phenoxy) is 1. The normalized spacial score (nSPS) is 31.5. The van der Waals surface area contributed by atoms with Crippen molar-refractivity contribution in [3.63, 3.8) is 0 Å². The van der Waals surface area contributed by atoms with Crippen molar-refractivity contribution in [3.05, 3.63) is 66.2 Å². The van der Waals surface area contributed by atoms with Crippen LogP contribution in [-0.2, 0) is 9.59 Å². The van der Waals surface area contributed by atoms with Crippen LogP contribution in [0.2, 0.25) is 0 Å². The van der Waals surface area contributed by atoms with Crippen LogP contribution in [0, 0.1) is 35.5 Å². The molecule has 2 bridgehead atoms. The molecule has 0 radical (unpaired) electrons. The van der Waals surface area contributed by atoms with Gasteiger partial charge in [-0.2, -0.15) is 0 Å². The number of Topliss-reactive ketones (excluding diaryl/α,β-unsaturated/α-hetero) is 1. The van der Waals surface area contributed by atoms with Gasteiger partial charge < -0.3 is 4.74 Å². The Hall–Kier alpha value is -2.86. The molecule has 6 atom stereocenters. The summed E-state index contributed by atoms with van der Waals surface area (Å²) in [6.07, 6.45) is 5.54. The van der Waals surface area contributed by atoms with E-state index in [0.29, 0.717) is 28.8 Å². The molecule has 0 N–H and O–H groups in total. The zero-order valence-corrected chi connectivity index (χ0v) is 18.5. The van der Waals surface area contributed by atoms with E-state index in [0.717, 1.165) is 17.1 Å². The average molecular weight is 446 g/mol. The molecule has 0 aromatic heterocycles. The second-order valence-electron chi connectivity index (χ2n) is 9.10. The number of hydrogen-bond donors (Lipinski definition) is 0. The Labute approximate surface area is 190 Å². The van der Waals surface area contributed by atoms with Gasteiger partial charge in [-0.05, 0) is 78.6 Å². The van der Waals surface area contributed by atoms with Crippen molar-refractivity contribution in [2.24, 2.45) is 35.5 Å². The summed E-state index contributed by atoms with van der Waals surface area (Å²) in [6, 6.07) is 14.5. The van der Waals surface area contributed by atoms with E-state index < -0.39 is 0 Å². The predicted molar refractivity (Wildman–Crippen MR) is 122 cm³/mol. The average Bonchev–Trinajstić information content (AvgIpc) is 3.61. The van der Waals surface area contributed by atoms with E-state index >= 15 is 0 Å². The first kappa shape index (κ1) is 19.8. The highest BCUT2D eigenvalue weighted by Gasteiger charge is 2.67. The molecule has 1 saturated heterocycles. The Balaban J connectivity index is 1.14. The number of amides is 2. The lowest BCUT2D eigenvalue weighted by atomic mass is 9.63. The van der Waals surface area contributed by atoms with Gasteiger partial charge in [0.05, 0.1) is 30.4 Å². The van der Waals surface area contributed by atoms with Gasteiger partial charge in [0.15, 0.2) is 5.78 Å². The zero-order valence-electron chi connectivity index (χ0n) is 17.6. The summed E-state index contributed by atoms with van der Waals surface area (Å²) in [7, 11) is 1.59. The Bertz CT molecular complexity index is 1100. The van der Waals surface area contributed by atoms with Crippen LogP contribution < -0.4 is 9.64 Å². The van der Waals surface area contributed by atoms with Gasteiger partial charge in [-0.3, -0.25) is 19.3 Å². The lowest BCUT2D eigenvalue weighted by Gasteiger charge is -2.37. The number of allylic oxidation sites excluding steroid dienone is 2. The highest BCUT2D eigenvalue weighted by molar-refractivity contribution is 8.00. The number of thioether (sulfide) groups is 1. The molecular weight excluding hydrogens is 422 g/mol. The molecule has 2 aromatic carbocycles. The van der Waals surface area contributed by atoms with Gasteiger partial charge in [0, 0.05) is 10.5 Å². The molecule has 0 unspecified atom stereocenters. The third-order valence-corrected chi connectivity index (χ3v) is 8.55. The van der Waals surface area contributed by atoms with Crippen LogP contribution in [0.15, 0.2) is 65.6 Å². The van der Waals surface area contributed by atoms with Crippen molar-refractivity contribution >= 4 is 35.0 Å². The maximum Gasteiger partial charge on any atom is 0.238 e. The van der Waals surface area contributed by atoms with Crippen LogP contribution in [0.5, 0.6) is 5.75 Å². The summed E-state index contributed by atoms with van der Waals surface area (Å²) in [5, 5.41) is 0. The Morgan fingerprint density at radius 3 is 2.09 bits per heavy atom. The molecule has 2 saturated carbocycles. The van der Waals surface area contributed by atoms with Crippen molar-refractivity contribution in [2.45, 2.75) is 11.3 Å². The monoisotopic (exact) mass is 445 g/mol. The summed E-state index contributed by atoms with van der Waals surface area (Å²) in [5.41, 5.74) is 1.28. The second kappa shape index (κ2) is 7.34. The number of methoxy groups -OCH3 is 1. The number of ketones is 1. The van der Waals surface area contributed by atoms with Crippen LogP contribution in [0.4, 0.5) is 5.69 Å². The van der Waals surface area contributed by atoms with E-state index in [2.05, 4.69) is 12.2 Å². The Kier molecular flexibility index (Phi) is 4.54. The molecule has 7 rings (SSSR count). The number of rotatable bonds is 6. The molecule has 32 heavy (non-hydrogen) atoms. The molecule has 4 aliphatic carbocycles. The summed E-state index contributed by atoms with van der Waals surface area (Å²) < 4.78 is 5.13. The summed E-state index contributed by atoms with van der Waals surface area (Å²) >= 11 is 1.44. The number of hydrogen-bond acceptors (Lipinski definition) is 5. The number of carbonyl (C=O) groups excluding carboxylic acids is 3. The molecule has 6 heteroatoms. The van der Waals surface area contributed by atoms with Gasteiger partial charge in [0.2, 0.25) is 11.8 Å². The standard InChI is InChI=1S/C26H23NO4S/c1-31-16-6-2-14(3-7-16)22(28)13-32-17-8-4-15(5-9-17)27-25(29)23-18-10-11-19(21-12-20(18)21)24(23)26(27)30/h2-11,18-21,23-24H,12-13H2,1H3/t18-,19+,20+,21-,23-,24+. The number of benzene rings is 2.